The number of benzene rings is 1. The van der Waals surface area contributed by atoms with Crippen molar-refractivity contribution in [2.75, 3.05) is 7.11 Å². The summed E-state index contributed by atoms with van der Waals surface area (Å²) < 4.78 is 24.1. The number of allylic oxidation sites excluding steroid dienone is 2. The maximum Gasteiger partial charge on any atom is 0.330 e. The van der Waals surface area contributed by atoms with Gasteiger partial charge in [-0.2, -0.15) is 0 Å². The molecule has 206 valence electrons. The molecule has 1 saturated carbocycles. The van der Waals surface area contributed by atoms with E-state index in [1.54, 1.807) is 13.2 Å². The van der Waals surface area contributed by atoms with Gasteiger partial charge in [0.2, 0.25) is 0 Å². The van der Waals surface area contributed by atoms with E-state index in [9.17, 15) is 4.79 Å². The van der Waals surface area contributed by atoms with Gasteiger partial charge in [0.25, 0.3) is 0 Å². The third-order valence-corrected chi connectivity index (χ3v) is 12.2. The fourth-order valence-electron chi connectivity index (χ4n) is 4.45. The Morgan fingerprint density at radius 3 is 2.35 bits per heavy atom. The van der Waals surface area contributed by atoms with Crippen LogP contribution in [0.5, 0.6) is 11.5 Å². The van der Waals surface area contributed by atoms with E-state index in [-0.39, 0.29) is 41.2 Å². The lowest BCUT2D eigenvalue weighted by Gasteiger charge is -2.40. The molecule has 1 fully saturated rings. The van der Waals surface area contributed by atoms with E-state index in [4.69, 9.17) is 18.6 Å². The van der Waals surface area contributed by atoms with Crippen LogP contribution in [0.2, 0.25) is 18.1 Å². The Labute approximate surface area is 226 Å². The van der Waals surface area contributed by atoms with Crippen molar-refractivity contribution < 1.29 is 23.4 Å². The summed E-state index contributed by atoms with van der Waals surface area (Å²) in [4.78, 5) is 12.6. The van der Waals surface area contributed by atoms with Crippen molar-refractivity contribution in [3.8, 4) is 11.5 Å². The van der Waals surface area contributed by atoms with E-state index in [0.29, 0.717) is 0 Å². The number of hydrogen-bond donors (Lipinski definition) is 0. The number of unbranched alkanes of at least 4 members (excludes halogenated alkanes) is 1. The van der Waals surface area contributed by atoms with Gasteiger partial charge >= 0.3 is 5.97 Å². The molecule has 0 aliphatic heterocycles. The molecule has 0 bridgehead atoms. The number of carbonyl (C=O) groups excluding carboxylic acids is 1. The second-order valence-corrected chi connectivity index (χ2v) is 16.4. The largest absolute Gasteiger partial charge is 0.497 e. The quantitative estimate of drug-likeness (QED) is 0.0808. The van der Waals surface area contributed by atoms with Crippen LogP contribution in [0.25, 0.3) is 0 Å². The first-order valence-corrected chi connectivity index (χ1v) is 16.4. The van der Waals surface area contributed by atoms with Crippen molar-refractivity contribution in [1.82, 2.24) is 0 Å². The average molecular weight is 529 g/mol. The lowest BCUT2D eigenvalue weighted by molar-refractivity contribution is -0.142. The topological polar surface area (TPSA) is 54.0 Å². The van der Waals surface area contributed by atoms with E-state index < -0.39 is 8.32 Å². The van der Waals surface area contributed by atoms with Crippen LogP contribution in [-0.2, 0) is 14.0 Å². The van der Waals surface area contributed by atoms with E-state index in [1.165, 1.54) is 0 Å². The number of rotatable bonds is 14. The van der Waals surface area contributed by atoms with Crippen LogP contribution in [0.15, 0.2) is 61.7 Å². The molecule has 0 radical (unpaired) electrons. The van der Waals surface area contributed by atoms with Gasteiger partial charge in [-0.3, -0.25) is 0 Å². The normalized spacial score (nSPS) is 21.9. The molecule has 0 N–H and O–H groups in total. The molecule has 0 aromatic heterocycles. The first-order valence-electron chi connectivity index (χ1n) is 13.5. The second kappa shape index (κ2) is 14.0. The summed E-state index contributed by atoms with van der Waals surface area (Å²) in [5.41, 5.74) is 0. The SMILES string of the molecule is C=CCCC[C@H](C)OC(=O)/C=C/C(O[Si](C)(C)C(C)(C)C)[C@@H]1C[C@@H](Oc2ccc(OC)cc2)C[C@H]1C=C. The minimum absolute atomic E-state index is 0.0390. The van der Waals surface area contributed by atoms with Crippen LogP contribution < -0.4 is 9.47 Å². The summed E-state index contributed by atoms with van der Waals surface area (Å²) in [6.45, 7) is 21.0. The molecule has 0 heterocycles. The zero-order valence-electron chi connectivity index (χ0n) is 24.0. The fraction of sp³-hybridized carbons (Fsp3) is 0.581. The Morgan fingerprint density at radius 1 is 1.14 bits per heavy atom. The van der Waals surface area contributed by atoms with Crippen molar-refractivity contribution >= 4 is 14.3 Å². The highest BCUT2D eigenvalue weighted by molar-refractivity contribution is 6.74. The highest BCUT2D eigenvalue weighted by Gasteiger charge is 2.44. The predicted octanol–water partition coefficient (Wildman–Crippen LogP) is 7.89. The van der Waals surface area contributed by atoms with Gasteiger partial charge in [-0.15, -0.1) is 13.2 Å². The van der Waals surface area contributed by atoms with Crippen LogP contribution in [0, 0.1) is 11.8 Å². The Bertz CT molecular complexity index is 899. The lowest BCUT2D eigenvalue weighted by atomic mass is 9.90. The van der Waals surface area contributed by atoms with Gasteiger partial charge in [0.05, 0.1) is 25.4 Å². The van der Waals surface area contributed by atoms with Crippen molar-refractivity contribution in [2.24, 2.45) is 11.8 Å². The summed E-state index contributed by atoms with van der Waals surface area (Å²) in [7, 11) is -0.458. The summed E-state index contributed by atoms with van der Waals surface area (Å²) >= 11 is 0. The molecule has 1 unspecified atom stereocenters. The third-order valence-electron chi connectivity index (χ3n) is 7.70. The minimum atomic E-state index is -2.11. The Balaban J connectivity index is 2.18. The van der Waals surface area contributed by atoms with Crippen LogP contribution in [0.3, 0.4) is 0 Å². The van der Waals surface area contributed by atoms with Crippen LogP contribution in [0.4, 0.5) is 0 Å². The monoisotopic (exact) mass is 528 g/mol. The molecule has 5 nitrogen and oxygen atoms in total. The fourth-order valence-corrected chi connectivity index (χ4v) is 5.74. The van der Waals surface area contributed by atoms with E-state index in [2.05, 4.69) is 47.0 Å². The van der Waals surface area contributed by atoms with E-state index in [1.807, 2.05) is 49.4 Å². The Hall–Kier alpha value is -2.31. The zero-order valence-corrected chi connectivity index (χ0v) is 25.0. The van der Waals surface area contributed by atoms with Gasteiger partial charge < -0.3 is 18.6 Å². The summed E-state index contributed by atoms with van der Waals surface area (Å²) in [5, 5.41) is 0.0422. The van der Waals surface area contributed by atoms with Crippen LogP contribution in [-0.4, -0.2) is 39.7 Å². The number of hydrogen-bond acceptors (Lipinski definition) is 5. The number of methoxy groups -OCH3 is 1. The zero-order chi connectivity index (χ0) is 27.6. The molecule has 2 rings (SSSR count). The highest BCUT2D eigenvalue weighted by atomic mass is 28.4. The van der Waals surface area contributed by atoms with Gasteiger partial charge in [-0.1, -0.05) is 32.9 Å². The van der Waals surface area contributed by atoms with Crippen LogP contribution in [0.1, 0.15) is 59.8 Å². The lowest BCUT2D eigenvalue weighted by Crippen LogP contribution is -2.45. The average Bonchev–Trinajstić information content (AvgIpc) is 3.24. The summed E-state index contributed by atoms with van der Waals surface area (Å²) in [6.07, 6.45) is 11.4. The third kappa shape index (κ3) is 9.49. The molecule has 6 heteroatoms. The van der Waals surface area contributed by atoms with E-state index in [0.717, 1.165) is 43.6 Å². The van der Waals surface area contributed by atoms with Crippen LogP contribution >= 0.6 is 0 Å². The summed E-state index contributed by atoms with van der Waals surface area (Å²) in [5.74, 6) is 1.67. The molecule has 1 aliphatic carbocycles. The maximum atomic E-state index is 12.6. The van der Waals surface area contributed by atoms with Gasteiger partial charge in [-0.05, 0) is 99.3 Å². The van der Waals surface area contributed by atoms with Gasteiger partial charge in [0, 0.05) is 6.08 Å². The standard InChI is InChI=1S/C31H48O5Si/c1-10-12-13-14-23(3)34-30(32)20-19-29(36-37(8,9)31(4,5)6)28-22-27(21-24(28)11-2)35-26-17-15-25(33-7)16-18-26/h10-11,15-20,23-24,27-29H,1-2,12-14,21-22H2,3-9H3/b20-19+/t23-,24+,27-,28+,29?/m0/s1. The number of carbonyl (C=O) groups is 1. The van der Waals surface area contributed by atoms with Crippen molar-refractivity contribution in [3.05, 3.63) is 61.7 Å². The van der Waals surface area contributed by atoms with Crippen molar-refractivity contribution in [2.45, 2.75) is 96.2 Å². The first kappa shape index (κ1) is 30.9. The van der Waals surface area contributed by atoms with Crippen molar-refractivity contribution in [1.29, 1.82) is 0 Å². The molecular formula is C31H48O5Si. The summed E-state index contributed by atoms with van der Waals surface area (Å²) in [6, 6.07) is 7.68. The molecule has 0 amide bonds. The Kier molecular flexibility index (Phi) is 11.7. The molecule has 0 saturated heterocycles. The molecular weight excluding hydrogens is 480 g/mol. The smallest absolute Gasteiger partial charge is 0.330 e. The molecule has 5 atom stereocenters. The van der Waals surface area contributed by atoms with Crippen molar-refractivity contribution in [3.63, 3.8) is 0 Å². The van der Waals surface area contributed by atoms with Gasteiger partial charge in [0.1, 0.15) is 11.5 Å². The second-order valence-electron chi connectivity index (χ2n) is 11.6. The predicted molar refractivity (Wildman–Crippen MR) is 155 cm³/mol. The minimum Gasteiger partial charge on any atom is -0.497 e. The van der Waals surface area contributed by atoms with Gasteiger partial charge in [0.15, 0.2) is 8.32 Å². The molecule has 0 spiro atoms. The van der Waals surface area contributed by atoms with E-state index >= 15 is 0 Å². The maximum absolute atomic E-state index is 12.6. The Morgan fingerprint density at radius 2 is 1.78 bits per heavy atom. The molecule has 37 heavy (non-hydrogen) atoms. The van der Waals surface area contributed by atoms with Gasteiger partial charge in [-0.25, -0.2) is 4.79 Å². The molecule has 1 aliphatic rings. The highest BCUT2D eigenvalue weighted by Crippen LogP contribution is 2.43. The molecule has 1 aromatic carbocycles. The number of esters is 1. The number of ether oxygens (including phenoxy) is 3. The first-order chi connectivity index (χ1) is 17.4. The molecule has 1 aromatic rings.